The van der Waals surface area contributed by atoms with Gasteiger partial charge in [0, 0.05) is 5.02 Å². The number of rotatable bonds is 3. The second-order valence-electron chi connectivity index (χ2n) is 2.36. The molecule has 0 bridgehead atoms. The van der Waals surface area contributed by atoms with Gasteiger partial charge in [-0.05, 0) is 17.7 Å². The molecule has 4 heteroatoms. The molecule has 0 fully saturated rings. The molecular formula is C8H10ClNO2. The van der Waals surface area contributed by atoms with Crippen LogP contribution in [0.25, 0.3) is 0 Å². The van der Waals surface area contributed by atoms with Crippen LogP contribution in [0.3, 0.4) is 0 Å². The molecule has 3 N–H and O–H groups in total. The molecule has 1 atom stereocenters. The lowest BCUT2D eigenvalue weighted by Crippen LogP contribution is -2.12. The maximum atomic E-state index is 8.81. The van der Waals surface area contributed by atoms with Crippen molar-refractivity contribution in [3.05, 3.63) is 34.9 Å². The van der Waals surface area contributed by atoms with Crippen molar-refractivity contribution in [2.24, 2.45) is 5.90 Å². The highest BCUT2D eigenvalue weighted by atomic mass is 35.5. The molecule has 0 aliphatic carbocycles. The minimum Gasteiger partial charge on any atom is -0.393 e. The molecule has 3 nitrogen and oxygen atoms in total. The van der Waals surface area contributed by atoms with Crippen LogP contribution in [0.4, 0.5) is 0 Å². The minimum absolute atomic E-state index is 0.141. The lowest BCUT2D eigenvalue weighted by molar-refractivity contribution is 0.0108. The van der Waals surface area contributed by atoms with Crippen LogP contribution in [0.5, 0.6) is 0 Å². The summed E-state index contributed by atoms with van der Waals surface area (Å²) >= 11 is 5.67. The summed E-state index contributed by atoms with van der Waals surface area (Å²) in [6.45, 7) is -0.141. The number of aliphatic hydroxyl groups is 1. The second kappa shape index (κ2) is 4.42. The Morgan fingerprint density at radius 3 is 2.42 bits per heavy atom. The topological polar surface area (TPSA) is 55.5 Å². The molecule has 0 saturated carbocycles. The van der Waals surface area contributed by atoms with Gasteiger partial charge < -0.3 is 5.11 Å². The first-order valence-electron chi connectivity index (χ1n) is 3.49. The van der Waals surface area contributed by atoms with Gasteiger partial charge in [0.2, 0.25) is 0 Å². The monoisotopic (exact) mass is 187 g/mol. The van der Waals surface area contributed by atoms with Crippen molar-refractivity contribution in [1.29, 1.82) is 0 Å². The summed E-state index contributed by atoms with van der Waals surface area (Å²) in [7, 11) is 0. The zero-order chi connectivity index (χ0) is 8.97. The minimum atomic E-state index is -0.470. The number of benzene rings is 1. The van der Waals surface area contributed by atoms with E-state index in [0.29, 0.717) is 5.02 Å². The number of halogens is 1. The normalized spacial score (nSPS) is 12.9. The number of aliphatic hydroxyl groups excluding tert-OH is 1. The summed E-state index contributed by atoms with van der Waals surface area (Å²) in [5.74, 6) is 4.96. The molecule has 0 radical (unpaired) electrons. The van der Waals surface area contributed by atoms with Gasteiger partial charge in [-0.1, -0.05) is 23.7 Å². The maximum absolute atomic E-state index is 8.81. The molecule has 12 heavy (non-hydrogen) atoms. The average Bonchev–Trinajstić information content (AvgIpc) is 2.10. The van der Waals surface area contributed by atoms with Gasteiger partial charge in [-0.3, -0.25) is 4.84 Å². The van der Waals surface area contributed by atoms with Gasteiger partial charge in [-0.25, -0.2) is 5.90 Å². The van der Waals surface area contributed by atoms with Crippen molar-refractivity contribution in [2.75, 3.05) is 6.61 Å². The first-order valence-corrected chi connectivity index (χ1v) is 3.87. The van der Waals surface area contributed by atoms with Crippen molar-refractivity contribution in [3.63, 3.8) is 0 Å². The lowest BCUT2D eigenvalue weighted by Gasteiger charge is -2.10. The van der Waals surface area contributed by atoms with Gasteiger partial charge in [0.1, 0.15) is 6.10 Å². The van der Waals surface area contributed by atoms with Crippen LogP contribution in [0.2, 0.25) is 5.02 Å². The molecule has 0 saturated heterocycles. The molecule has 66 valence electrons. The Labute approximate surface area is 75.7 Å². The number of hydrogen-bond acceptors (Lipinski definition) is 3. The summed E-state index contributed by atoms with van der Waals surface area (Å²) in [6.07, 6.45) is -0.470. The summed E-state index contributed by atoms with van der Waals surface area (Å²) in [4.78, 5) is 4.53. The van der Waals surface area contributed by atoms with E-state index >= 15 is 0 Å². The highest BCUT2D eigenvalue weighted by Gasteiger charge is 2.08. The summed E-state index contributed by atoms with van der Waals surface area (Å²) in [5, 5.41) is 9.46. The molecule has 1 rings (SSSR count). The quantitative estimate of drug-likeness (QED) is 0.701. The van der Waals surface area contributed by atoms with E-state index in [2.05, 4.69) is 4.84 Å². The van der Waals surface area contributed by atoms with E-state index in [1.165, 1.54) is 0 Å². The van der Waals surface area contributed by atoms with Crippen molar-refractivity contribution < 1.29 is 9.94 Å². The molecule has 0 aliphatic rings. The Morgan fingerprint density at radius 1 is 1.42 bits per heavy atom. The lowest BCUT2D eigenvalue weighted by atomic mass is 10.1. The molecule has 1 unspecified atom stereocenters. The fourth-order valence-electron chi connectivity index (χ4n) is 0.904. The van der Waals surface area contributed by atoms with Crippen molar-refractivity contribution in [2.45, 2.75) is 6.10 Å². The predicted octanol–water partition coefficient (Wildman–Crippen LogP) is 1.26. The molecule has 0 heterocycles. The molecule has 0 aromatic heterocycles. The highest BCUT2D eigenvalue weighted by molar-refractivity contribution is 6.30. The van der Waals surface area contributed by atoms with Crippen LogP contribution in [0, 0.1) is 0 Å². The average molecular weight is 188 g/mol. The number of nitrogens with two attached hydrogens (primary N) is 1. The van der Waals surface area contributed by atoms with Gasteiger partial charge in [-0.15, -0.1) is 0 Å². The van der Waals surface area contributed by atoms with Gasteiger partial charge in [0.25, 0.3) is 0 Å². The maximum Gasteiger partial charge on any atom is 0.127 e. The summed E-state index contributed by atoms with van der Waals surface area (Å²) in [5.41, 5.74) is 0.810. The number of hydrogen-bond donors (Lipinski definition) is 2. The molecule has 0 amide bonds. The Hall–Kier alpha value is -0.610. The Bertz CT molecular complexity index is 233. The summed E-state index contributed by atoms with van der Waals surface area (Å²) in [6, 6.07) is 6.96. The Kier molecular flexibility index (Phi) is 3.49. The smallest absolute Gasteiger partial charge is 0.127 e. The van der Waals surface area contributed by atoms with Crippen LogP contribution < -0.4 is 5.90 Å². The third kappa shape index (κ3) is 2.19. The van der Waals surface area contributed by atoms with E-state index in [1.54, 1.807) is 24.3 Å². The van der Waals surface area contributed by atoms with Crippen LogP contribution in [0.15, 0.2) is 24.3 Å². The molecule has 0 aliphatic heterocycles. The molecule has 0 spiro atoms. The SMILES string of the molecule is NOC(CO)c1ccc(Cl)cc1. The van der Waals surface area contributed by atoms with E-state index in [-0.39, 0.29) is 6.61 Å². The highest BCUT2D eigenvalue weighted by Crippen LogP contribution is 2.17. The van der Waals surface area contributed by atoms with Crippen molar-refractivity contribution >= 4 is 11.6 Å². The first-order chi connectivity index (χ1) is 5.77. The third-order valence-electron chi connectivity index (χ3n) is 1.57. The second-order valence-corrected chi connectivity index (χ2v) is 2.80. The van der Waals surface area contributed by atoms with E-state index in [4.69, 9.17) is 22.6 Å². The van der Waals surface area contributed by atoms with Gasteiger partial charge in [0.15, 0.2) is 0 Å². The van der Waals surface area contributed by atoms with E-state index < -0.39 is 6.10 Å². The molecule has 1 aromatic rings. The van der Waals surface area contributed by atoms with Gasteiger partial charge >= 0.3 is 0 Å². The van der Waals surface area contributed by atoms with Crippen LogP contribution >= 0.6 is 11.6 Å². The third-order valence-corrected chi connectivity index (χ3v) is 1.82. The van der Waals surface area contributed by atoms with Crippen LogP contribution in [-0.4, -0.2) is 11.7 Å². The van der Waals surface area contributed by atoms with Crippen molar-refractivity contribution in [3.8, 4) is 0 Å². The van der Waals surface area contributed by atoms with Gasteiger partial charge in [-0.2, -0.15) is 0 Å². The van der Waals surface area contributed by atoms with Crippen LogP contribution in [-0.2, 0) is 4.84 Å². The largest absolute Gasteiger partial charge is 0.393 e. The fraction of sp³-hybridized carbons (Fsp3) is 0.250. The van der Waals surface area contributed by atoms with E-state index in [9.17, 15) is 0 Å². The molecule has 1 aromatic carbocycles. The van der Waals surface area contributed by atoms with Crippen molar-refractivity contribution in [1.82, 2.24) is 0 Å². The molecular weight excluding hydrogens is 178 g/mol. The summed E-state index contributed by atoms with van der Waals surface area (Å²) < 4.78 is 0. The van der Waals surface area contributed by atoms with Crippen LogP contribution in [0.1, 0.15) is 11.7 Å². The predicted molar refractivity (Wildman–Crippen MR) is 46.6 cm³/mol. The first kappa shape index (κ1) is 9.48. The Morgan fingerprint density at radius 2 is 2.00 bits per heavy atom. The zero-order valence-electron chi connectivity index (χ0n) is 6.40. The van der Waals surface area contributed by atoms with Gasteiger partial charge in [0.05, 0.1) is 6.61 Å². The van der Waals surface area contributed by atoms with E-state index in [1.807, 2.05) is 0 Å². The fourth-order valence-corrected chi connectivity index (χ4v) is 1.03. The standard InChI is InChI=1S/C8H10ClNO2/c9-7-3-1-6(2-4-7)8(5-11)12-10/h1-4,8,11H,5,10H2. The zero-order valence-corrected chi connectivity index (χ0v) is 7.16. The van der Waals surface area contributed by atoms with E-state index in [0.717, 1.165) is 5.56 Å². The Balaban J connectivity index is 2.80.